The van der Waals surface area contributed by atoms with Gasteiger partial charge in [0.2, 0.25) is 0 Å². The van der Waals surface area contributed by atoms with Crippen molar-refractivity contribution in [3.63, 3.8) is 0 Å². The maximum atomic E-state index is 6.30. The maximum Gasteiger partial charge on any atom is 0.0946 e. The molecular formula is C13H22N2S. The molecule has 0 bridgehead atoms. The highest BCUT2D eigenvalue weighted by atomic mass is 32.1. The standard InChI is InChI=1S/C13H22N2S/c1-8-4-5-11(6-8)12(14)7-13-15-9(2)10(3)16-13/h8,11-12H,4-7,14H2,1-3H3. The second-order valence-electron chi connectivity index (χ2n) is 5.30. The molecule has 90 valence electrons. The molecule has 1 heterocycles. The molecule has 1 aromatic rings. The van der Waals surface area contributed by atoms with Crippen molar-refractivity contribution in [2.24, 2.45) is 17.6 Å². The lowest BCUT2D eigenvalue weighted by Gasteiger charge is -2.17. The average molecular weight is 238 g/mol. The molecule has 0 spiro atoms. The molecule has 3 atom stereocenters. The lowest BCUT2D eigenvalue weighted by atomic mass is 9.95. The van der Waals surface area contributed by atoms with E-state index in [0.29, 0.717) is 6.04 Å². The van der Waals surface area contributed by atoms with Crippen LogP contribution in [0.5, 0.6) is 0 Å². The van der Waals surface area contributed by atoms with E-state index in [4.69, 9.17) is 5.73 Å². The van der Waals surface area contributed by atoms with Crippen LogP contribution in [0.4, 0.5) is 0 Å². The van der Waals surface area contributed by atoms with E-state index in [1.807, 2.05) is 11.3 Å². The lowest BCUT2D eigenvalue weighted by molar-refractivity contribution is 0.415. The normalized spacial score (nSPS) is 27.2. The van der Waals surface area contributed by atoms with E-state index in [9.17, 15) is 0 Å². The molecule has 3 unspecified atom stereocenters. The van der Waals surface area contributed by atoms with Crippen molar-refractivity contribution in [2.45, 2.75) is 52.5 Å². The summed E-state index contributed by atoms with van der Waals surface area (Å²) in [5, 5.41) is 1.22. The van der Waals surface area contributed by atoms with Crippen LogP contribution in [0.25, 0.3) is 0 Å². The third-order valence-corrected chi connectivity index (χ3v) is 4.92. The first-order valence-electron chi connectivity index (χ1n) is 6.24. The smallest absolute Gasteiger partial charge is 0.0946 e. The molecule has 16 heavy (non-hydrogen) atoms. The van der Waals surface area contributed by atoms with Gasteiger partial charge < -0.3 is 5.73 Å². The summed E-state index contributed by atoms with van der Waals surface area (Å²) in [6.07, 6.45) is 4.95. The molecule has 1 saturated carbocycles. The Kier molecular flexibility index (Phi) is 3.65. The highest BCUT2D eigenvalue weighted by Crippen LogP contribution is 2.33. The molecule has 1 aliphatic rings. The van der Waals surface area contributed by atoms with Gasteiger partial charge in [-0.15, -0.1) is 11.3 Å². The average Bonchev–Trinajstić information content (AvgIpc) is 2.75. The summed E-state index contributed by atoms with van der Waals surface area (Å²) < 4.78 is 0. The summed E-state index contributed by atoms with van der Waals surface area (Å²) >= 11 is 1.81. The van der Waals surface area contributed by atoms with Crippen molar-refractivity contribution < 1.29 is 0 Å². The fourth-order valence-electron chi connectivity index (χ4n) is 2.63. The predicted octanol–water partition coefficient (Wildman–Crippen LogP) is 3.07. The molecule has 0 aliphatic heterocycles. The van der Waals surface area contributed by atoms with Gasteiger partial charge in [-0.2, -0.15) is 0 Å². The van der Waals surface area contributed by atoms with Gasteiger partial charge >= 0.3 is 0 Å². The predicted molar refractivity (Wildman–Crippen MR) is 69.8 cm³/mol. The molecule has 1 fully saturated rings. The summed E-state index contributed by atoms with van der Waals surface area (Å²) in [5.41, 5.74) is 7.47. The van der Waals surface area contributed by atoms with Crippen molar-refractivity contribution >= 4 is 11.3 Å². The molecule has 2 nitrogen and oxygen atoms in total. The first kappa shape index (κ1) is 12.1. The molecular weight excluding hydrogens is 216 g/mol. The fourth-order valence-corrected chi connectivity index (χ4v) is 3.64. The van der Waals surface area contributed by atoms with Crippen LogP contribution in [0.2, 0.25) is 0 Å². The van der Waals surface area contributed by atoms with Gasteiger partial charge in [-0.1, -0.05) is 13.3 Å². The third-order valence-electron chi connectivity index (χ3n) is 3.82. The van der Waals surface area contributed by atoms with Gasteiger partial charge in [0.05, 0.1) is 10.7 Å². The Balaban J connectivity index is 1.94. The van der Waals surface area contributed by atoms with E-state index >= 15 is 0 Å². The van der Waals surface area contributed by atoms with Crippen molar-refractivity contribution in [1.82, 2.24) is 4.98 Å². The van der Waals surface area contributed by atoms with Gasteiger partial charge in [-0.05, 0) is 38.5 Å². The zero-order chi connectivity index (χ0) is 11.7. The van der Waals surface area contributed by atoms with E-state index < -0.39 is 0 Å². The number of aromatic nitrogens is 1. The molecule has 1 aromatic heterocycles. The highest BCUT2D eigenvalue weighted by Gasteiger charge is 2.27. The second kappa shape index (κ2) is 4.84. The number of rotatable bonds is 3. The molecule has 3 heteroatoms. The van der Waals surface area contributed by atoms with Crippen LogP contribution in [0.1, 0.15) is 41.8 Å². The van der Waals surface area contributed by atoms with Crippen LogP contribution in [-0.4, -0.2) is 11.0 Å². The molecule has 0 aromatic carbocycles. The molecule has 0 saturated heterocycles. The van der Waals surface area contributed by atoms with Crippen LogP contribution < -0.4 is 5.73 Å². The highest BCUT2D eigenvalue weighted by molar-refractivity contribution is 7.11. The van der Waals surface area contributed by atoms with E-state index in [-0.39, 0.29) is 0 Å². The summed E-state index contributed by atoms with van der Waals surface area (Å²) in [5.74, 6) is 1.59. The Hall–Kier alpha value is -0.410. The number of thiazole rings is 1. The van der Waals surface area contributed by atoms with Crippen molar-refractivity contribution in [2.75, 3.05) is 0 Å². The van der Waals surface area contributed by atoms with E-state index in [2.05, 4.69) is 25.8 Å². The van der Waals surface area contributed by atoms with Gasteiger partial charge in [0.25, 0.3) is 0 Å². The Labute approximate surface area is 102 Å². The first-order chi connectivity index (χ1) is 7.56. The van der Waals surface area contributed by atoms with Crippen LogP contribution >= 0.6 is 11.3 Å². The number of hydrogen-bond donors (Lipinski definition) is 1. The minimum absolute atomic E-state index is 0.315. The van der Waals surface area contributed by atoms with Gasteiger partial charge in [-0.25, -0.2) is 4.98 Å². The Morgan fingerprint density at radius 3 is 2.69 bits per heavy atom. The lowest BCUT2D eigenvalue weighted by Crippen LogP contribution is -2.30. The second-order valence-corrected chi connectivity index (χ2v) is 6.58. The summed E-state index contributed by atoms with van der Waals surface area (Å²) in [6, 6.07) is 0.315. The van der Waals surface area contributed by atoms with Gasteiger partial charge in [0.1, 0.15) is 0 Å². The zero-order valence-corrected chi connectivity index (χ0v) is 11.3. The Bertz CT molecular complexity index is 339. The van der Waals surface area contributed by atoms with Crippen LogP contribution in [0, 0.1) is 25.7 Å². The zero-order valence-electron chi connectivity index (χ0n) is 10.5. The first-order valence-corrected chi connectivity index (χ1v) is 7.06. The monoisotopic (exact) mass is 238 g/mol. The van der Waals surface area contributed by atoms with E-state index in [0.717, 1.165) is 18.3 Å². The van der Waals surface area contributed by atoms with Crippen LogP contribution in [0.15, 0.2) is 0 Å². The van der Waals surface area contributed by atoms with Crippen LogP contribution in [-0.2, 0) is 6.42 Å². The molecule has 1 aliphatic carbocycles. The number of aryl methyl sites for hydroxylation is 2. The largest absolute Gasteiger partial charge is 0.327 e. The Morgan fingerprint density at radius 1 is 1.44 bits per heavy atom. The summed E-state index contributed by atoms with van der Waals surface area (Å²) in [6.45, 7) is 6.56. The summed E-state index contributed by atoms with van der Waals surface area (Å²) in [4.78, 5) is 5.91. The van der Waals surface area contributed by atoms with E-state index in [1.165, 1.54) is 34.8 Å². The number of nitrogens with two attached hydrogens (primary N) is 1. The molecule has 2 rings (SSSR count). The summed E-state index contributed by atoms with van der Waals surface area (Å²) in [7, 11) is 0. The van der Waals surface area contributed by atoms with Crippen molar-refractivity contribution in [1.29, 1.82) is 0 Å². The minimum atomic E-state index is 0.315. The van der Waals surface area contributed by atoms with Gasteiger partial charge in [0, 0.05) is 17.3 Å². The third kappa shape index (κ3) is 2.64. The van der Waals surface area contributed by atoms with Crippen molar-refractivity contribution in [3.05, 3.63) is 15.6 Å². The fraction of sp³-hybridized carbons (Fsp3) is 0.769. The van der Waals surface area contributed by atoms with Crippen molar-refractivity contribution in [3.8, 4) is 0 Å². The minimum Gasteiger partial charge on any atom is -0.327 e. The SMILES string of the molecule is Cc1nc(CC(N)C2CCC(C)C2)sc1C. The van der Waals surface area contributed by atoms with Gasteiger partial charge in [0.15, 0.2) is 0 Å². The van der Waals surface area contributed by atoms with Crippen LogP contribution in [0.3, 0.4) is 0 Å². The van der Waals surface area contributed by atoms with Gasteiger partial charge in [-0.3, -0.25) is 0 Å². The molecule has 2 N–H and O–H groups in total. The Morgan fingerprint density at radius 2 is 2.19 bits per heavy atom. The number of nitrogens with zero attached hydrogens (tertiary/aromatic N) is 1. The molecule has 0 radical (unpaired) electrons. The number of hydrogen-bond acceptors (Lipinski definition) is 3. The van der Waals surface area contributed by atoms with E-state index in [1.54, 1.807) is 0 Å². The molecule has 0 amide bonds. The quantitative estimate of drug-likeness (QED) is 0.879. The maximum absolute atomic E-state index is 6.30. The topological polar surface area (TPSA) is 38.9 Å².